The SMILES string of the molecule is Oc1cc(-c2c(Cl)cc3c(N4CCN(C5CCC5)CC4)ccnc3c2F)c2ccccc2c1. The van der Waals surface area contributed by atoms with E-state index in [1.807, 2.05) is 36.4 Å². The molecule has 33 heavy (non-hydrogen) atoms. The van der Waals surface area contributed by atoms with Crippen LogP contribution in [0.3, 0.4) is 0 Å². The zero-order chi connectivity index (χ0) is 22.5. The van der Waals surface area contributed by atoms with Gasteiger partial charge in [0.05, 0.1) is 5.02 Å². The molecule has 0 radical (unpaired) electrons. The van der Waals surface area contributed by atoms with Crippen LogP contribution < -0.4 is 4.90 Å². The lowest BCUT2D eigenvalue weighted by atomic mass is 9.91. The zero-order valence-corrected chi connectivity index (χ0v) is 19.0. The van der Waals surface area contributed by atoms with E-state index in [0.717, 1.165) is 54.1 Å². The van der Waals surface area contributed by atoms with Crippen molar-refractivity contribution in [3.63, 3.8) is 0 Å². The lowest BCUT2D eigenvalue weighted by molar-refractivity contribution is 0.120. The van der Waals surface area contributed by atoms with Crippen LogP contribution >= 0.6 is 11.6 Å². The average Bonchev–Trinajstić information content (AvgIpc) is 2.78. The second-order valence-corrected chi connectivity index (χ2v) is 9.50. The number of hydrogen-bond donors (Lipinski definition) is 1. The molecule has 2 fully saturated rings. The number of fused-ring (bicyclic) bond motifs is 2. The average molecular weight is 462 g/mol. The zero-order valence-electron chi connectivity index (χ0n) is 18.3. The second kappa shape index (κ2) is 8.15. The van der Waals surface area contributed by atoms with Gasteiger partial charge in [-0.2, -0.15) is 0 Å². The lowest BCUT2D eigenvalue weighted by Crippen LogP contribution is -2.52. The molecule has 1 aliphatic heterocycles. The highest BCUT2D eigenvalue weighted by atomic mass is 35.5. The Balaban J connectivity index is 1.44. The minimum atomic E-state index is -0.455. The van der Waals surface area contributed by atoms with Crippen molar-refractivity contribution < 1.29 is 9.50 Å². The summed E-state index contributed by atoms with van der Waals surface area (Å²) in [6.45, 7) is 3.87. The summed E-state index contributed by atoms with van der Waals surface area (Å²) in [7, 11) is 0. The minimum absolute atomic E-state index is 0.0744. The van der Waals surface area contributed by atoms with Crippen molar-refractivity contribution in [2.45, 2.75) is 25.3 Å². The number of piperazine rings is 1. The van der Waals surface area contributed by atoms with Crippen LogP contribution in [0.5, 0.6) is 5.75 Å². The van der Waals surface area contributed by atoms with E-state index in [9.17, 15) is 5.11 Å². The molecule has 6 heteroatoms. The van der Waals surface area contributed by atoms with E-state index in [1.54, 1.807) is 18.3 Å². The summed E-state index contributed by atoms with van der Waals surface area (Å²) in [6.07, 6.45) is 5.64. The number of halogens is 2. The summed E-state index contributed by atoms with van der Waals surface area (Å²) in [6, 6.07) is 15.4. The third kappa shape index (κ3) is 3.51. The van der Waals surface area contributed by atoms with Gasteiger partial charge in [0.25, 0.3) is 0 Å². The largest absolute Gasteiger partial charge is 0.508 e. The van der Waals surface area contributed by atoms with Crippen LogP contribution in [0.15, 0.2) is 54.7 Å². The molecule has 168 valence electrons. The van der Waals surface area contributed by atoms with Gasteiger partial charge in [0, 0.05) is 55.1 Å². The maximum absolute atomic E-state index is 16.0. The molecule has 0 spiro atoms. The monoisotopic (exact) mass is 461 g/mol. The fourth-order valence-corrected chi connectivity index (χ4v) is 5.60. The van der Waals surface area contributed by atoms with Gasteiger partial charge in [-0.3, -0.25) is 9.88 Å². The summed E-state index contributed by atoms with van der Waals surface area (Å²) in [5.41, 5.74) is 2.12. The van der Waals surface area contributed by atoms with Crippen LogP contribution in [0.2, 0.25) is 5.02 Å². The van der Waals surface area contributed by atoms with E-state index in [2.05, 4.69) is 14.8 Å². The van der Waals surface area contributed by atoms with E-state index >= 15 is 4.39 Å². The van der Waals surface area contributed by atoms with Crippen molar-refractivity contribution in [3.05, 3.63) is 65.6 Å². The highest BCUT2D eigenvalue weighted by Gasteiger charge is 2.29. The number of hydrogen-bond acceptors (Lipinski definition) is 4. The number of anilines is 1. The standard InChI is InChI=1S/C27H25ClFN3O/c28-23-16-22-24(32-12-10-31(11-13-32)18-5-3-6-18)8-9-30-27(22)26(29)25(23)21-15-19(33)14-17-4-1-2-7-20(17)21/h1-2,4,7-9,14-16,18,33H,3,5-6,10-13H2. The van der Waals surface area contributed by atoms with Crippen LogP contribution in [0.4, 0.5) is 10.1 Å². The first kappa shape index (κ1) is 20.7. The van der Waals surface area contributed by atoms with Gasteiger partial charge in [-0.1, -0.05) is 42.3 Å². The minimum Gasteiger partial charge on any atom is -0.508 e. The van der Waals surface area contributed by atoms with E-state index in [1.165, 1.54) is 19.3 Å². The van der Waals surface area contributed by atoms with Gasteiger partial charge < -0.3 is 10.0 Å². The normalized spacial score (nSPS) is 17.6. The molecule has 2 aliphatic rings. The molecule has 0 unspecified atom stereocenters. The van der Waals surface area contributed by atoms with Gasteiger partial charge in [0.2, 0.25) is 0 Å². The predicted octanol–water partition coefficient (Wildman–Crippen LogP) is 6.23. The molecule has 1 aromatic heterocycles. The summed E-state index contributed by atoms with van der Waals surface area (Å²) in [5.74, 6) is -0.381. The lowest BCUT2D eigenvalue weighted by Gasteiger charge is -2.43. The van der Waals surface area contributed by atoms with E-state index in [0.29, 0.717) is 16.1 Å². The quantitative estimate of drug-likeness (QED) is 0.392. The number of nitrogens with zero attached hydrogens (tertiary/aromatic N) is 3. The molecule has 4 nitrogen and oxygen atoms in total. The first-order valence-electron chi connectivity index (χ1n) is 11.6. The van der Waals surface area contributed by atoms with E-state index < -0.39 is 5.82 Å². The number of phenolic OH excluding ortho intramolecular Hbond substituents is 1. The second-order valence-electron chi connectivity index (χ2n) is 9.10. The fraction of sp³-hybridized carbons (Fsp3) is 0.296. The van der Waals surface area contributed by atoms with Gasteiger partial charge in [0.1, 0.15) is 11.3 Å². The number of phenols is 1. The maximum Gasteiger partial charge on any atom is 0.158 e. The summed E-state index contributed by atoms with van der Waals surface area (Å²) in [5, 5.41) is 13.0. The summed E-state index contributed by atoms with van der Waals surface area (Å²) < 4.78 is 16.0. The van der Waals surface area contributed by atoms with Gasteiger partial charge in [-0.05, 0) is 53.4 Å². The van der Waals surface area contributed by atoms with Crippen molar-refractivity contribution in [1.29, 1.82) is 0 Å². The number of pyridine rings is 1. The Morgan fingerprint density at radius 2 is 1.76 bits per heavy atom. The molecule has 1 aliphatic carbocycles. The molecule has 6 rings (SSSR count). The van der Waals surface area contributed by atoms with E-state index in [4.69, 9.17) is 11.6 Å². The Bertz CT molecular complexity index is 1360. The number of benzene rings is 3. The molecule has 0 atom stereocenters. The summed E-state index contributed by atoms with van der Waals surface area (Å²) in [4.78, 5) is 9.30. The Morgan fingerprint density at radius 1 is 0.970 bits per heavy atom. The van der Waals surface area contributed by atoms with Gasteiger partial charge >= 0.3 is 0 Å². The van der Waals surface area contributed by atoms with Crippen molar-refractivity contribution in [3.8, 4) is 16.9 Å². The summed E-state index contributed by atoms with van der Waals surface area (Å²) >= 11 is 6.72. The first-order valence-corrected chi connectivity index (χ1v) is 12.0. The molecule has 4 aromatic rings. The van der Waals surface area contributed by atoms with Crippen LogP contribution in [-0.4, -0.2) is 47.2 Å². The van der Waals surface area contributed by atoms with Crippen LogP contribution in [-0.2, 0) is 0 Å². The molecule has 0 bridgehead atoms. The molecule has 3 aromatic carbocycles. The Labute approximate surface area is 197 Å². The van der Waals surface area contributed by atoms with Crippen LogP contribution in [0.25, 0.3) is 32.8 Å². The first-order chi connectivity index (χ1) is 16.1. The molecule has 1 N–H and O–H groups in total. The number of aromatic hydroxyl groups is 1. The Hall–Kier alpha value is -2.89. The molecule has 1 saturated carbocycles. The van der Waals surface area contributed by atoms with Crippen molar-refractivity contribution in [2.75, 3.05) is 31.1 Å². The predicted molar refractivity (Wildman–Crippen MR) is 133 cm³/mol. The van der Waals surface area contributed by atoms with Crippen molar-refractivity contribution in [2.24, 2.45) is 0 Å². The Kier molecular flexibility index (Phi) is 5.11. The van der Waals surface area contributed by atoms with E-state index in [-0.39, 0.29) is 11.3 Å². The maximum atomic E-state index is 16.0. The Morgan fingerprint density at radius 3 is 2.52 bits per heavy atom. The highest BCUT2D eigenvalue weighted by molar-refractivity contribution is 6.35. The number of rotatable bonds is 3. The van der Waals surface area contributed by atoms with Crippen LogP contribution in [0.1, 0.15) is 19.3 Å². The van der Waals surface area contributed by atoms with Gasteiger partial charge in [-0.25, -0.2) is 4.39 Å². The molecule has 1 saturated heterocycles. The van der Waals surface area contributed by atoms with Crippen molar-refractivity contribution >= 4 is 39.0 Å². The molecule has 0 amide bonds. The molecular formula is C27H25ClFN3O. The smallest absolute Gasteiger partial charge is 0.158 e. The van der Waals surface area contributed by atoms with Crippen LogP contribution in [0, 0.1) is 5.82 Å². The molecule has 2 heterocycles. The van der Waals surface area contributed by atoms with Gasteiger partial charge in [-0.15, -0.1) is 0 Å². The highest BCUT2D eigenvalue weighted by Crippen LogP contribution is 2.42. The topological polar surface area (TPSA) is 39.6 Å². The van der Waals surface area contributed by atoms with Crippen molar-refractivity contribution in [1.82, 2.24) is 9.88 Å². The van der Waals surface area contributed by atoms with Gasteiger partial charge in [0.15, 0.2) is 5.82 Å². The fourth-order valence-electron chi connectivity index (χ4n) is 5.31. The third-order valence-corrected chi connectivity index (χ3v) is 7.56. The third-order valence-electron chi connectivity index (χ3n) is 7.27. The number of aromatic nitrogens is 1. The molecular weight excluding hydrogens is 437 g/mol.